The maximum absolute atomic E-state index is 9.42. The molecule has 1 aliphatic carbocycles. The first kappa shape index (κ1) is 9.47. The van der Waals surface area contributed by atoms with Crippen LogP contribution in [0.25, 0.3) is 0 Å². The minimum atomic E-state index is 0.00269. The number of aliphatic hydroxyl groups is 1. The van der Waals surface area contributed by atoms with Crippen LogP contribution in [-0.4, -0.2) is 35.2 Å². The van der Waals surface area contributed by atoms with Crippen LogP contribution in [0.15, 0.2) is 0 Å². The molecule has 0 amide bonds. The molecule has 2 heteroatoms. The van der Waals surface area contributed by atoms with Gasteiger partial charge in [-0.25, -0.2) is 0 Å². The Bertz CT molecular complexity index is 171. The van der Waals surface area contributed by atoms with Crippen LogP contribution in [0.1, 0.15) is 39.0 Å². The molecular weight excluding hydrogens is 162 g/mol. The van der Waals surface area contributed by atoms with E-state index in [0.717, 1.165) is 24.8 Å². The van der Waals surface area contributed by atoms with Gasteiger partial charge < -0.3 is 10.0 Å². The molecule has 0 radical (unpaired) electrons. The van der Waals surface area contributed by atoms with Crippen LogP contribution in [0.3, 0.4) is 0 Å². The summed E-state index contributed by atoms with van der Waals surface area (Å²) in [5.74, 6) is 0.774. The molecule has 0 spiro atoms. The lowest BCUT2D eigenvalue weighted by Gasteiger charge is -2.24. The average Bonchev–Trinajstić information content (AvgIpc) is 2.64. The normalized spacial score (nSPS) is 41.5. The van der Waals surface area contributed by atoms with E-state index in [0.29, 0.717) is 0 Å². The number of hydrogen-bond acceptors (Lipinski definition) is 2. The molecule has 3 unspecified atom stereocenters. The number of nitrogens with zero attached hydrogens (tertiary/aromatic N) is 1. The van der Waals surface area contributed by atoms with Crippen LogP contribution >= 0.6 is 0 Å². The number of aliphatic hydroxyl groups excluding tert-OH is 1. The Morgan fingerprint density at radius 2 is 2.15 bits per heavy atom. The zero-order valence-electron chi connectivity index (χ0n) is 8.58. The highest BCUT2D eigenvalue weighted by atomic mass is 16.3. The molecule has 2 aliphatic rings. The van der Waals surface area contributed by atoms with Crippen molar-refractivity contribution in [1.29, 1.82) is 0 Å². The van der Waals surface area contributed by atoms with Gasteiger partial charge in [0, 0.05) is 12.6 Å². The minimum absolute atomic E-state index is 0.00269. The van der Waals surface area contributed by atoms with Crippen molar-refractivity contribution in [2.75, 3.05) is 13.1 Å². The summed E-state index contributed by atoms with van der Waals surface area (Å²) in [7, 11) is 0. The first-order valence-corrected chi connectivity index (χ1v) is 5.68. The molecule has 1 heterocycles. The van der Waals surface area contributed by atoms with Crippen LogP contribution in [0.4, 0.5) is 0 Å². The van der Waals surface area contributed by atoms with E-state index in [4.69, 9.17) is 0 Å². The molecule has 76 valence electrons. The Kier molecular flexibility index (Phi) is 2.89. The summed E-state index contributed by atoms with van der Waals surface area (Å²) >= 11 is 0. The Balaban J connectivity index is 1.77. The van der Waals surface area contributed by atoms with Gasteiger partial charge in [-0.2, -0.15) is 0 Å². The van der Waals surface area contributed by atoms with Crippen molar-refractivity contribution in [2.24, 2.45) is 5.92 Å². The topological polar surface area (TPSA) is 23.5 Å². The molecule has 13 heavy (non-hydrogen) atoms. The predicted molar refractivity (Wildman–Crippen MR) is 53.6 cm³/mol. The molecule has 0 aromatic carbocycles. The fourth-order valence-electron chi connectivity index (χ4n) is 2.81. The van der Waals surface area contributed by atoms with E-state index < -0.39 is 0 Å². The second-order valence-electron chi connectivity index (χ2n) is 4.82. The maximum atomic E-state index is 9.42. The van der Waals surface area contributed by atoms with Crippen LogP contribution in [-0.2, 0) is 0 Å². The highest BCUT2D eigenvalue weighted by Gasteiger charge is 2.28. The van der Waals surface area contributed by atoms with E-state index >= 15 is 0 Å². The highest BCUT2D eigenvalue weighted by Crippen LogP contribution is 2.28. The van der Waals surface area contributed by atoms with Crippen LogP contribution in [0.5, 0.6) is 0 Å². The Morgan fingerprint density at radius 3 is 2.69 bits per heavy atom. The molecule has 1 aliphatic heterocycles. The summed E-state index contributed by atoms with van der Waals surface area (Å²) in [5, 5.41) is 9.42. The lowest BCUT2D eigenvalue weighted by Crippen LogP contribution is -2.31. The minimum Gasteiger partial charge on any atom is -0.393 e. The summed E-state index contributed by atoms with van der Waals surface area (Å²) < 4.78 is 0. The molecule has 0 aromatic heterocycles. The van der Waals surface area contributed by atoms with Crippen molar-refractivity contribution in [2.45, 2.75) is 51.2 Å². The summed E-state index contributed by atoms with van der Waals surface area (Å²) in [4.78, 5) is 2.60. The van der Waals surface area contributed by atoms with E-state index in [1.54, 1.807) is 0 Å². The van der Waals surface area contributed by atoms with Crippen molar-refractivity contribution >= 4 is 0 Å². The monoisotopic (exact) mass is 183 g/mol. The smallest absolute Gasteiger partial charge is 0.0543 e. The third-order valence-electron chi connectivity index (χ3n) is 3.70. The van der Waals surface area contributed by atoms with Crippen molar-refractivity contribution < 1.29 is 5.11 Å². The summed E-state index contributed by atoms with van der Waals surface area (Å²) in [6, 6.07) is 0.790. The van der Waals surface area contributed by atoms with E-state index in [9.17, 15) is 5.11 Å². The molecule has 1 N–H and O–H groups in total. The molecule has 0 aromatic rings. The number of likely N-dealkylation sites (tertiary alicyclic amines) is 1. The Morgan fingerprint density at radius 1 is 1.31 bits per heavy atom. The SMILES string of the molecule is CC1CCCN1CC1CCC(O)C1. The van der Waals surface area contributed by atoms with E-state index in [1.807, 2.05) is 0 Å². The lowest BCUT2D eigenvalue weighted by atomic mass is 10.1. The molecular formula is C11H21NO. The van der Waals surface area contributed by atoms with Gasteiger partial charge in [0.05, 0.1) is 6.10 Å². The third kappa shape index (κ3) is 2.23. The zero-order chi connectivity index (χ0) is 9.26. The first-order valence-electron chi connectivity index (χ1n) is 5.68. The van der Waals surface area contributed by atoms with Gasteiger partial charge >= 0.3 is 0 Å². The Labute approximate surface area is 80.9 Å². The van der Waals surface area contributed by atoms with Crippen molar-refractivity contribution in [3.8, 4) is 0 Å². The third-order valence-corrected chi connectivity index (χ3v) is 3.70. The van der Waals surface area contributed by atoms with Crippen molar-refractivity contribution in [3.63, 3.8) is 0 Å². The van der Waals surface area contributed by atoms with E-state index in [2.05, 4.69) is 11.8 Å². The van der Waals surface area contributed by atoms with Gasteiger partial charge in [-0.05, 0) is 51.5 Å². The molecule has 2 fully saturated rings. The molecule has 2 nitrogen and oxygen atoms in total. The predicted octanol–water partition coefficient (Wildman–Crippen LogP) is 1.63. The molecule has 2 rings (SSSR count). The summed E-state index contributed by atoms with van der Waals surface area (Å²) in [5.41, 5.74) is 0. The summed E-state index contributed by atoms with van der Waals surface area (Å²) in [6.45, 7) is 4.85. The second-order valence-corrected chi connectivity index (χ2v) is 4.82. The molecule has 0 bridgehead atoms. The van der Waals surface area contributed by atoms with Crippen molar-refractivity contribution in [1.82, 2.24) is 4.90 Å². The molecule has 1 saturated carbocycles. The van der Waals surface area contributed by atoms with Gasteiger partial charge in [-0.15, -0.1) is 0 Å². The fraction of sp³-hybridized carbons (Fsp3) is 1.00. The standard InChI is InChI=1S/C11H21NO/c1-9-3-2-6-12(9)8-10-4-5-11(13)7-10/h9-11,13H,2-8H2,1H3. The van der Waals surface area contributed by atoms with E-state index in [-0.39, 0.29) is 6.10 Å². The van der Waals surface area contributed by atoms with Crippen LogP contribution in [0, 0.1) is 5.92 Å². The highest BCUT2D eigenvalue weighted by molar-refractivity contribution is 4.82. The van der Waals surface area contributed by atoms with Crippen LogP contribution in [0.2, 0.25) is 0 Å². The van der Waals surface area contributed by atoms with Crippen LogP contribution < -0.4 is 0 Å². The molecule has 3 atom stereocenters. The second kappa shape index (κ2) is 3.97. The van der Waals surface area contributed by atoms with Gasteiger partial charge in [0.1, 0.15) is 0 Å². The quantitative estimate of drug-likeness (QED) is 0.703. The maximum Gasteiger partial charge on any atom is 0.0543 e. The number of hydrogen-bond donors (Lipinski definition) is 1. The average molecular weight is 183 g/mol. The van der Waals surface area contributed by atoms with Crippen molar-refractivity contribution in [3.05, 3.63) is 0 Å². The van der Waals surface area contributed by atoms with E-state index in [1.165, 1.54) is 32.4 Å². The van der Waals surface area contributed by atoms with Gasteiger partial charge in [0.15, 0.2) is 0 Å². The van der Waals surface area contributed by atoms with Gasteiger partial charge in [0.25, 0.3) is 0 Å². The first-order chi connectivity index (χ1) is 6.25. The van der Waals surface area contributed by atoms with Gasteiger partial charge in [-0.3, -0.25) is 0 Å². The Hall–Kier alpha value is -0.0800. The van der Waals surface area contributed by atoms with Gasteiger partial charge in [0.2, 0.25) is 0 Å². The lowest BCUT2D eigenvalue weighted by molar-refractivity contribution is 0.166. The van der Waals surface area contributed by atoms with Gasteiger partial charge in [-0.1, -0.05) is 0 Å². The largest absolute Gasteiger partial charge is 0.393 e. The fourth-order valence-corrected chi connectivity index (χ4v) is 2.81. The number of rotatable bonds is 2. The zero-order valence-corrected chi connectivity index (χ0v) is 8.58. The molecule has 1 saturated heterocycles. The summed E-state index contributed by atoms with van der Waals surface area (Å²) in [6.07, 6.45) is 6.06.